The third-order valence-corrected chi connectivity index (χ3v) is 8.14. The topological polar surface area (TPSA) is 108 Å². The van der Waals surface area contributed by atoms with Crippen LogP contribution in [0.2, 0.25) is 0 Å². The number of halogens is 4. The SMILES string of the molecule is CC(C)C[C@H](NCCCCCOc1cc(F)c(C2C(=O)C=CC(C(=O)c3ccc(F)cc3F)=C2N)c(F)c1)C(=O)OC1CCCC1. The summed E-state index contributed by atoms with van der Waals surface area (Å²) in [6.07, 6.45) is 8.76. The van der Waals surface area contributed by atoms with Crippen molar-refractivity contribution in [3.8, 4) is 5.75 Å². The fourth-order valence-electron chi connectivity index (χ4n) is 5.77. The van der Waals surface area contributed by atoms with Crippen molar-refractivity contribution in [3.05, 3.63) is 88.1 Å². The Kier molecular flexibility index (Phi) is 12.1. The van der Waals surface area contributed by atoms with Gasteiger partial charge >= 0.3 is 5.97 Å². The molecular formula is C35H40F4N2O5. The Labute approximate surface area is 266 Å². The Morgan fingerprint density at radius 3 is 2.30 bits per heavy atom. The Hall–Kier alpha value is -3.99. The highest BCUT2D eigenvalue weighted by molar-refractivity contribution is 6.14. The molecule has 0 heterocycles. The van der Waals surface area contributed by atoms with Gasteiger partial charge in [-0.2, -0.15) is 0 Å². The van der Waals surface area contributed by atoms with Crippen molar-refractivity contribution in [3.63, 3.8) is 0 Å². The molecule has 46 heavy (non-hydrogen) atoms. The van der Waals surface area contributed by atoms with Gasteiger partial charge in [0.25, 0.3) is 0 Å². The van der Waals surface area contributed by atoms with Crippen LogP contribution in [0.3, 0.4) is 0 Å². The number of carbonyl (C=O) groups is 3. The second kappa shape index (κ2) is 16.0. The largest absolute Gasteiger partial charge is 0.493 e. The molecule has 7 nitrogen and oxygen atoms in total. The molecule has 1 fully saturated rings. The molecule has 2 aliphatic rings. The van der Waals surface area contributed by atoms with Crippen LogP contribution in [0.5, 0.6) is 5.75 Å². The predicted octanol–water partition coefficient (Wildman–Crippen LogP) is 6.60. The Morgan fingerprint density at radius 1 is 0.957 bits per heavy atom. The van der Waals surface area contributed by atoms with E-state index in [4.69, 9.17) is 15.2 Å². The summed E-state index contributed by atoms with van der Waals surface area (Å²) in [5.74, 6) is -7.59. The maximum Gasteiger partial charge on any atom is 0.323 e. The van der Waals surface area contributed by atoms with Crippen molar-refractivity contribution in [2.45, 2.75) is 83.3 Å². The molecule has 0 radical (unpaired) electrons. The molecule has 0 bridgehead atoms. The van der Waals surface area contributed by atoms with Gasteiger partial charge in [-0.15, -0.1) is 0 Å². The zero-order valence-electron chi connectivity index (χ0n) is 26.1. The summed E-state index contributed by atoms with van der Waals surface area (Å²) in [6.45, 7) is 4.89. The van der Waals surface area contributed by atoms with E-state index in [1.54, 1.807) is 0 Å². The van der Waals surface area contributed by atoms with Gasteiger partial charge < -0.3 is 20.5 Å². The standard InChI is InChI=1S/C35H40F4N2O5/c1-20(2)16-29(35(44)46-22-8-4-5-9-22)41-14-6-3-7-15-45-23-18-27(38)31(28(39)19-23)32-30(42)13-12-25(33(32)40)34(43)24-11-10-21(36)17-26(24)37/h10-13,17-20,22,29,32,41H,3-9,14-16,40H2,1-2H3/t29-,32?/m0/s1. The molecule has 1 unspecified atom stereocenters. The number of hydrogen-bond acceptors (Lipinski definition) is 7. The summed E-state index contributed by atoms with van der Waals surface area (Å²) in [7, 11) is 0. The average molecular weight is 645 g/mol. The van der Waals surface area contributed by atoms with Crippen LogP contribution in [0.15, 0.2) is 53.8 Å². The lowest BCUT2D eigenvalue weighted by molar-refractivity contribution is -0.151. The molecule has 0 spiro atoms. The van der Waals surface area contributed by atoms with Crippen LogP contribution in [-0.2, 0) is 14.3 Å². The second-order valence-electron chi connectivity index (χ2n) is 12.2. The fraction of sp³-hybridized carbons (Fsp3) is 0.457. The average Bonchev–Trinajstić information content (AvgIpc) is 3.50. The molecule has 3 N–H and O–H groups in total. The summed E-state index contributed by atoms with van der Waals surface area (Å²) >= 11 is 0. The van der Waals surface area contributed by atoms with Crippen molar-refractivity contribution < 1.29 is 41.4 Å². The zero-order valence-corrected chi connectivity index (χ0v) is 26.1. The molecule has 4 rings (SSSR count). The van der Waals surface area contributed by atoms with E-state index >= 15 is 8.78 Å². The number of nitrogens with one attached hydrogen (secondary N) is 1. The lowest BCUT2D eigenvalue weighted by Crippen LogP contribution is -2.40. The number of esters is 1. The quantitative estimate of drug-likeness (QED) is 0.0974. The number of ketones is 2. The first-order valence-electron chi connectivity index (χ1n) is 15.7. The molecule has 0 amide bonds. The number of unbranched alkanes of at least 4 members (excludes halogenated alkanes) is 2. The van der Waals surface area contributed by atoms with Gasteiger partial charge in [-0.1, -0.05) is 13.8 Å². The number of allylic oxidation sites excluding steroid dienone is 4. The number of benzene rings is 2. The summed E-state index contributed by atoms with van der Waals surface area (Å²) < 4.78 is 69.2. The van der Waals surface area contributed by atoms with Crippen molar-refractivity contribution >= 4 is 17.5 Å². The molecule has 248 valence electrons. The fourth-order valence-corrected chi connectivity index (χ4v) is 5.77. The molecule has 0 saturated heterocycles. The Balaban J connectivity index is 1.31. The first kappa shape index (κ1) is 34.9. The van der Waals surface area contributed by atoms with E-state index in [0.29, 0.717) is 31.4 Å². The number of Topliss-reactive ketones (excluding diaryl/α,β-unsaturated/α-hetero) is 1. The Morgan fingerprint density at radius 2 is 1.65 bits per heavy atom. The zero-order chi connectivity index (χ0) is 33.4. The highest BCUT2D eigenvalue weighted by atomic mass is 19.1. The van der Waals surface area contributed by atoms with Crippen molar-refractivity contribution in [2.24, 2.45) is 11.7 Å². The summed E-state index contributed by atoms with van der Waals surface area (Å²) in [5.41, 5.74) is 4.11. The van der Waals surface area contributed by atoms with Crippen LogP contribution in [0, 0.1) is 29.2 Å². The molecule has 0 aliphatic heterocycles. The highest BCUT2D eigenvalue weighted by Gasteiger charge is 2.34. The highest BCUT2D eigenvalue weighted by Crippen LogP contribution is 2.35. The molecule has 2 aromatic rings. The van der Waals surface area contributed by atoms with Crippen LogP contribution < -0.4 is 15.8 Å². The maximum atomic E-state index is 15.2. The van der Waals surface area contributed by atoms with Crippen molar-refractivity contribution in [1.29, 1.82) is 0 Å². The first-order chi connectivity index (χ1) is 22.0. The molecule has 11 heteroatoms. The minimum Gasteiger partial charge on any atom is -0.493 e. The summed E-state index contributed by atoms with van der Waals surface area (Å²) in [5, 5.41) is 3.30. The van der Waals surface area contributed by atoms with Gasteiger partial charge in [-0.3, -0.25) is 14.4 Å². The maximum absolute atomic E-state index is 15.2. The monoisotopic (exact) mass is 644 g/mol. The van der Waals surface area contributed by atoms with Crippen molar-refractivity contribution in [2.75, 3.05) is 13.2 Å². The molecule has 2 atom stereocenters. The van der Waals surface area contributed by atoms with Gasteiger partial charge in [0, 0.05) is 35.0 Å². The minimum atomic E-state index is -1.66. The normalized spacial score (nSPS) is 17.5. The van der Waals surface area contributed by atoms with E-state index < -0.39 is 57.6 Å². The van der Waals surface area contributed by atoms with E-state index in [0.717, 1.165) is 74.9 Å². The van der Waals surface area contributed by atoms with Gasteiger partial charge in [0.2, 0.25) is 0 Å². The van der Waals surface area contributed by atoms with E-state index in [-0.39, 0.29) is 36.0 Å². The van der Waals surface area contributed by atoms with E-state index in [2.05, 4.69) is 19.2 Å². The molecule has 0 aromatic heterocycles. The van der Waals surface area contributed by atoms with E-state index in [9.17, 15) is 23.2 Å². The molecule has 2 aliphatic carbocycles. The van der Waals surface area contributed by atoms with Crippen LogP contribution >= 0.6 is 0 Å². The predicted molar refractivity (Wildman–Crippen MR) is 164 cm³/mol. The molecule has 1 saturated carbocycles. The molecule has 2 aromatic carbocycles. The Bertz CT molecular complexity index is 1480. The van der Waals surface area contributed by atoms with Gasteiger partial charge in [-0.05, 0) is 88.1 Å². The van der Waals surface area contributed by atoms with Crippen LogP contribution in [0.25, 0.3) is 0 Å². The molecular weight excluding hydrogens is 604 g/mol. The number of rotatable bonds is 15. The second-order valence-corrected chi connectivity index (χ2v) is 12.2. The van der Waals surface area contributed by atoms with E-state index in [1.165, 1.54) is 0 Å². The lowest BCUT2D eigenvalue weighted by atomic mass is 9.83. The third kappa shape index (κ3) is 8.84. The smallest absolute Gasteiger partial charge is 0.323 e. The lowest BCUT2D eigenvalue weighted by Gasteiger charge is -2.22. The van der Waals surface area contributed by atoms with Gasteiger partial charge in [0.05, 0.1) is 18.1 Å². The van der Waals surface area contributed by atoms with E-state index in [1.807, 2.05) is 0 Å². The van der Waals surface area contributed by atoms with Crippen LogP contribution in [0.1, 0.15) is 87.1 Å². The van der Waals surface area contributed by atoms with Crippen molar-refractivity contribution in [1.82, 2.24) is 5.32 Å². The number of carbonyl (C=O) groups excluding carboxylic acids is 3. The van der Waals surface area contributed by atoms with Gasteiger partial charge in [0.1, 0.15) is 41.2 Å². The third-order valence-electron chi connectivity index (χ3n) is 8.14. The van der Waals surface area contributed by atoms with Gasteiger partial charge in [0.15, 0.2) is 11.6 Å². The van der Waals surface area contributed by atoms with Gasteiger partial charge in [-0.25, -0.2) is 17.6 Å². The van der Waals surface area contributed by atoms with Crippen LogP contribution in [0.4, 0.5) is 17.6 Å². The number of hydrogen-bond donors (Lipinski definition) is 2. The number of nitrogens with two attached hydrogens (primary N) is 1. The number of ether oxygens (including phenoxy) is 2. The summed E-state index contributed by atoms with van der Waals surface area (Å²) in [6, 6.07) is 3.84. The first-order valence-corrected chi connectivity index (χ1v) is 15.7. The summed E-state index contributed by atoms with van der Waals surface area (Å²) in [4.78, 5) is 38.3. The van der Waals surface area contributed by atoms with Crippen LogP contribution in [-0.4, -0.2) is 42.8 Å². The minimum absolute atomic E-state index is 0.0131.